The van der Waals surface area contributed by atoms with E-state index in [2.05, 4.69) is 311 Å². The van der Waals surface area contributed by atoms with Crippen LogP contribution in [0, 0.1) is 0 Å². The second-order valence-electron chi connectivity index (χ2n) is 16.6. The van der Waals surface area contributed by atoms with Gasteiger partial charge in [0.15, 0.2) is 0 Å². The van der Waals surface area contributed by atoms with Crippen LogP contribution >= 0.6 is 0 Å². The van der Waals surface area contributed by atoms with Crippen LogP contribution in [-0.2, 0) is 0 Å². The Kier molecular flexibility index (Phi) is 11.7. The molecule has 0 N–H and O–H groups in total. The van der Waals surface area contributed by atoms with Gasteiger partial charge in [-0.05, 0) is 156 Å². The summed E-state index contributed by atoms with van der Waals surface area (Å²) < 4.78 is 0. The molecule has 324 valence electrons. The molecule has 0 saturated carbocycles. The fourth-order valence-corrected chi connectivity index (χ4v) is 9.16. The lowest BCUT2D eigenvalue weighted by molar-refractivity contribution is 1.24. The topological polar surface area (TPSA) is 13.0 Å². The number of anilines is 12. The maximum absolute atomic E-state index is 2.35. The average Bonchev–Trinajstić information content (AvgIpc) is 3.42. The minimum absolute atomic E-state index is 1.05. The van der Waals surface area contributed by atoms with Gasteiger partial charge in [-0.15, -0.1) is 0 Å². The molecule has 0 fully saturated rings. The van der Waals surface area contributed by atoms with Crippen molar-refractivity contribution in [2.24, 2.45) is 0 Å². The van der Waals surface area contributed by atoms with Gasteiger partial charge in [-0.2, -0.15) is 0 Å². The zero-order chi connectivity index (χ0) is 45.5. The lowest BCUT2D eigenvalue weighted by Crippen LogP contribution is -2.13. The third kappa shape index (κ3) is 8.58. The molecule has 0 spiro atoms. The first-order valence-electron chi connectivity index (χ1n) is 23.1. The second kappa shape index (κ2) is 19.2. The van der Waals surface area contributed by atoms with E-state index in [1.807, 2.05) is 0 Å². The van der Waals surface area contributed by atoms with Crippen molar-refractivity contribution in [1.29, 1.82) is 0 Å². The largest absolute Gasteiger partial charge is 0.311 e. The van der Waals surface area contributed by atoms with Gasteiger partial charge in [0.25, 0.3) is 0 Å². The summed E-state index contributed by atoms with van der Waals surface area (Å²) in [6.45, 7) is 0. The fraction of sp³-hybridized carbons (Fsp3) is 0. The van der Waals surface area contributed by atoms with E-state index in [1.165, 1.54) is 10.8 Å². The zero-order valence-corrected chi connectivity index (χ0v) is 37.5. The van der Waals surface area contributed by atoms with Crippen molar-refractivity contribution in [3.63, 3.8) is 0 Å². The summed E-state index contributed by atoms with van der Waals surface area (Å²) in [5.74, 6) is 0. The third-order valence-electron chi connectivity index (χ3n) is 12.4. The molecule has 0 aliphatic heterocycles. The van der Waals surface area contributed by atoms with Gasteiger partial charge < -0.3 is 19.6 Å². The third-order valence-corrected chi connectivity index (χ3v) is 12.4. The quantitative estimate of drug-likeness (QED) is 0.114. The van der Waals surface area contributed by atoms with E-state index in [9.17, 15) is 0 Å². The summed E-state index contributed by atoms with van der Waals surface area (Å²) in [6.07, 6.45) is 0. The molecule has 68 heavy (non-hydrogen) atoms. The van der Waals surface area contributed by atoms with Crippen LogP contribution in [0.15, 0.2) is 291 Å². The first-order chi connectivity index (χ1) is 33.7. The van der Waals surface area contributed by atoms with Crippen molar-refractivity contribution in [3.05, 3.63) is 291 Å². The lowest BCUT2D eigenvalue weighted by Gasteiger charge is -2.29. The molecule has 0 unspecified atom stereocenters. The number of fused-ring (bicyclic) bond motifs is 1. The summed E-state index contributed by atoms with van der Waals surface area (Å²) in [5.41, 5.74) is 15.4. The van der Waals surface area contributed by atoms with E-state index in [1.54, 1.807) is 0 Å². The van der Waals surface area contributed by atoms with Gasteiger partial charge >= 0.3 is 0 Å². The first kappa shape index (κ1) is 41.6. The van der Waals surface area contributed by atoms with Crippen molar-refractivity contribution >= 4 is 79.0 Å². The van der Waals surface area contributed by atoms with E-state index in [0.717, 1.165) is 79.4 Å². The molecular formula is C64H48N4. The average molecular weight is 873 g/mol. The van der Waals surface area contributed by atoms with Crippen molar-refractivity contribution in [2.75, 3.05) is 19.6 Å². The molecule has 0 aliphatic rings. The highest BCUT2D eigenvalue weighted by Crippen LogP contribution is 2.43. The summed E-state index contributed by atoms with van der Waals surface area (Å²) in [6, 6.07) is 104. The van der Waals surface area contributed by atoms with Gasteiger partial charge in [0.05, 0.1) is 5.69 Å². The molecule has 0 bridgehead atoms. The molecule has 4 heteroatoms. The lowest BCUT2D eigenvalue weighted by atomic mass is 10.0. The van der Waals surface area contributed by atoms with E-state index in [0.29, 0.717) is 0 Å². The van der Waals surface area contributed by atoms with Gasteiger partial charge in [-0.3, -0.25) is 0 Å². The van der Waals surface area contributed by atoms with Gasteiger partial charge in [0.2, 0.25) is 0 Å². The molecule has 4 nitrogen and oxygen atoms in total. The van der Waals surface area contributed by atoms with Crippen molar-refractivity contribution < 1.29 is 0 Å². The zero-order valence-electron chi connectivity index (χ0n) is 37.5. The van der Waals surface area contributed by atoms with Gasteiger partial charge in [-0.1, -0.05) is 152 Å². The molecule has 0 aliphatic carbocycles. The molecule has 11 rings (SSSR count). The molecule has 0 aromatic heterocycles. The highest BCUT2D eigenvalue weighted by atomic mass is 15.2. The van der Waals surface area contributed by atoms with Gasteiger partial charge in [0.1, 0.15) is 0 Å². The van der Waals surface area contributed by atoms with E-state index in [-0.39, 0.29) is 0 Å². The highest BCUT2D eigenvalue weighted by molar-refractivity contribution is 5.99. The van der Waals surface area contributed by atoms with Crippen LogP contribution in [0.25, 0.3) is 21.9 Å². The van der Waals surface area contributed by atoms with Gasteiger partial charge in [-0.25, -0.2) is 0 Å². The number of para-hydroxylation sites is 5. The Morgan fingerprint density at radius 3 is 0.735 bits per heavy atom. The van der Waals surface area contributed by atoms with Crippen molar-refractivity contribution in [1.82, 2.24) is 0 Å². The molecule has 11 aromatic carbocycles. The Morgan fingerprint density at radius 1 is 0.162 bits per heavy atom. The van der Waals surface area contributed by atoms with Crippen LogP contribution in [0.2, 0.25) is 0 Å². The molecule has 0 radical (unpaired) electrons. The number of benzene rings is 11. The maximum Gasteiger partial charge on any atom is 0.0540 e. The standard InChI is InChI=1S/C64H48N4/c1-6-21-52(22-7-1)65(53-23-8-2-9-24-53)58-41-45-60(46-42-58)67(61-47-43-59(44-48-61)66(54-25-10-3-11-26-54)55-27-12-4-13-28-55)57-37-33-49(34-38-57)50-35-39-62(40-36-50)68(56-29-14-5-15-30-56)64-32-18-20-51-19-16-17-31-63(51)64/h1-48H. The normalized spacial score (nSPS) is 10.9. The molecular weight excluding hydrogens is 825 g/mol. The predicted octanol–water partition coefficient (Wildman–Crippen LogP) is 18.4. The fourth-order valence-electron chi connectivity index (χ4n) is 9.16. The van der Waals surface area contributed by atoms with Crippen molar-refractivity contribution in [3.8, 4) is 11.1 Å². The molecule has 0 amide bonds. The van der Waals surface area contributed by atoms with Crippen LogP contribution < -0.4 is 19.6 Å². The Hall–Kier alpha value is -9.12. The Balaban J connectivity index is 0.953. The second-order valence-corrected chi connectivity index (χ2v) is 16.6. The predicted molar refractivity (Wildman–Crippen MR) is 288 cm³/mol. The van der Waals surface area contributed by atoms with Crippen LogP contribution in [0.4, 0.5) is 68.2 Å². The van der Waals surface area contributed by atoms with Crippen LogP contribution in [-0.4, -0.2) is 0 Å². The van der Waals surface area contributed by atoms with Gasteiger partial charge in [0, 0.05) is 67.9 Å². The summed E-state index contributed by atoms with van der Waals surface area (Å²) >= 11 is 0. The Labute approximate surface area is 399 Å². The summed E-state index contributed by atoms with van der Waals surface area (Å²) in [4.78, 5) is 9.28. The Bertz CT molecular complexity index is 3140. The van der Waals surface area contributed by atoms with Crippen molar-refractivity contribution in [2.45, 2.75) is 0 Å². The van der Waals surface area contributed by atoms with E-state index in [4.69, 9.17) is 0 Å². The summed E-state index contributed by atoms with van der Waals surface area (Å²) in [7, 11) is 0. The highest BCUT2D eigenvalue weighted by Gasteiger charge is 2.19. The number of hydrogen-bond donors (Lipinski definition) is 0. The smallest absolute Gasteiger partial charge is 0.0540 e. The first-order valence-corrected chi connectivity index (χ1v) is 23.1. The Morgan fingerprint density at radius 2 is 0.397 bits per heavy atom. The summed E-state index contributed by atoms with van der Waals surface area (Å²) in [5, 5.41) is 2.42. The van der Waals surface area contributed by atoms with E-state index < -0.39 is 0 Å². The molecule has 11 aromatic rings. The minimum atomic E-state index is 1.05. The molecule has 0 saturated heterocycles. The molecule has 0 atom stereocenters. The monoisotopic (exact) mass is 872 g/mol. The minimum Gasteiger partial charge on any atom is -0.311 e. The number of rotatable bonds is 13. The number of hydrogen-bond acceptors (Lipinski definition) is 4. The van der Waals surface area contributed by atoms with Crippen LogP contribution in [0.3, 0.4) is 0 Å². The maximum atomic E-state index is 2.35. The molecule has 0 heterocycles. The van der Waals surface area contributed by atoms with Crippen LogP contribution in [0.5, 0.6) is 0 Å². The van der Waals surface area contributed by atoms with Crippen LogP contribution in [0.1, 0.15) is 0 Å². The number of nitrogens with zero attached hydrogens (tertiary/aromatic N) is 4. The SMILES string of the molecule is c1ccc(N(c2ccccc2)c2ccc(N(c3ccc(-c4ccc(N(c5ccccc5)c5cccc6ccccc56)cc4)cc3)c3ccc(N(c4ccccc4)c4ccccc4)cc3)cc2)cc1. The van der Waals surface area contributed by atoms with E-state index >= 15 is 0 Å².